The molecule has 0 spiro atoms. The summed E-state index contributed by atoms with van der Waals surface area (Å²) < 4.78 is 5.57. The van der Waals surface area contributed by atoms with Crippen molar-refractivity contribution in [2.24, 2.45) is 5.92 Å². The maximum atomic E-state index is 12.3. The van der Waals surface area contributed by atoms with E-state index in [0.717, 1.165) is 12.8 Å². The molecule has 7 nitrogen and oxygen atoms in total. The van der Waals surface area contributed by atoms with Crippen molar-refractivity contribution in [3.63, 3.8) is 0 Å². The number of rotatable bonds is 13. The fourth-order valence-corrected chi connectivity index (χ4v) is 4.53. The summed E-state index contributed by atoms with van der Waals surface area (Å²) in [5, 5.41) is 11.5. The number of unbranched alkanes of at least 4 members (excludes halogenated alkanes) is 1. The second-order valence-electron chi connectivity index (χ2n) is 9.35. The minimum absolute atomic E-state index is 0.0409. The van der Waals surface area contributed by atoms with Gasteiger partial charge in [0, 0.05) is 38.9 Å². The lowest BCUT2D eigenvalue weighted by Gasteiger charge is -2.18. The van der Waals surface area contributed by atoms with Crippen LogP contribution in [0.2, 0.25) is 0 Å². The molecule has 1 aliphatic rings. The maximum Gasteiger partial charge on any atom is 0.407 e. The molecular weight excluding hydrogens is 444 g/mol. The molecule has 188 valence electrons. The van der Waals surface area contributed by atoms with Crippen molar-refractivity contribution < 1.29 is 24.2 Å². The van der Waals surface area contributed by atoms with Crippen LogP contribution in [-0.2, 0) is 14.3 Å². The molecule has 2 aromatic rings. The standard InChI is InChI=1S/C28H36N2O5/c1-20(14-15-26(31)30(2)18-8-7-13-27(32)33)16-17-29-28(34)35-19-25-23-11-5-3-9-21(23)22-10-4-6-12-24(22)25/h3-6,9-12,20,25H,7-8,13-19H2,1-2H3,(H,29,34)(H,32,33). The average molecular weight is 481 g/mol. The molecular formula is C28H36N2O5. The monoisotopic (exact) mass is 480 g/mol. The number of nitrogens with zero attached hydrogens (tertiary/aromatic N) is 1. The number of carbonyl (C=O) groups is 3. The molecule has 0 radical (unpaired) electrons. The van der Waals surface area contributed by atoms with Gasteiger partial charge in [0.2, 0.25) is 5.91 Å². The molecule has 0 aliphatic heterocycles. The van der Waals surface area contributed by atoms with Crippen LogP contribution in [0.25, 0.3) is 11.1 Å². The van der Waals surface area contributed by atoms with Gasteiger partial charge in [-0.25, -0.2) is 4.79 Å². The zero-order chi connectivity index (χ0) is 25.2. The van der Waals surface area contributed by atoms with Gasteiger partial charge in [-0.15, -0.1) is 0 Å². The van der Waals surface area contributed by atoms with Crippen LogP contribution in [0, 0.1) is 5.92 Å². The Bertz CT molecular complexity index is 976. The van der Waals surface area contributed by atoms with Crippen molar-refractivity contribution in [3.8, 4) is 11.1 Å². The molecule has 1 aliphatic carbocycles. The molecule has 3 rings (SSSR count). The van der Waals surface area contributed by atoms with Gasteiger partial charge in [0.15, 0.2) is 0 Å². The van der Waals surface area contributed by atoms with E-state index in [-0.39, 0.29) is 24.2 Å². The Morgan fingerprint density at radius 3 is 2.23 bits per heavy atom. The molecule has 1 atom stereocenters. The van der Waals surface area contributed by atoms with Crippen molar-refractivity contribution in [1.29, 1.82) is 0 Å². The van der Waals surface area contributed by atoms with Gasteiger partial charge in [-0.3, -0.25) is 9.59 Å². The van der Waals surface area contributed by atoms with Gasteiger partial charge in [-0.05, 0) is 53.9 Å². The summed E-state index contributed by atoms with van der Waals surface area (Å²) in [6, 6.07) is 16.5. The number of carbonyl (C=O) groups excluding carboxylic acids is 2. The molecule has 1 unspecified atom stereocenters. The molecule has 0 fully saturated rings. The summed E-state index contributed by atoms with van der Waals surface area (Å²) in [6.07, 6.45) is 2.93. The molecule has 0 aromatic heterocycles. The van der Waals surface area contributed by atoms with Gasteiger partial charge in [0.25, 0.3) is 0 Å². The van der Waals surface area contributed by atoms with Crippen molar-refractivity contribution in [2.75, 3.05) is 26.7 Å². The molecule has 0 heterocycles. The summed E-state index contributed by atoms with van der Waals surface area (Å²) in [7, 11) is 1.76. The van der Waals surface area contributed by atoms with E-state index in [2.05, 4.69) is 36.5 Å². The zero-order valence-corrected chi connectivity index (χ0v) is 20.7. The Morgan fingerprint density at radius 1 is 0.971 bits per heavy atom. The molecule has 35 heavy (non-hydrogen) atoms. The van der Waals surface area contributed by atoms with Crippen LogP contribution in [0.1, 0.15) is 62.5 Å². The number of nitrogens with one attached hydrogen (secondary N) is 1. The number of ether oxygens (including phenoxy) is 1. The van der Waals surface area contributed by atoms with Crippen LogP contribution in [0.15, 0.2) is 48.5 Å². The summed E-state index contributed by atoms with van der Waals surface area (Å²) in [6.45, 7) is 3.43. The highest BCUT2D eigenvalue weighted by Crippen LogP contribution is 2.44. The van der Waals surface area contributed by atoms with Crippen LogP contribution in [0.4, 0.5) is 4.79 Å². The molecule has 0 saturated heterocycles. The van der Waals surface area contributed by atoms with E-state index in [1.54, 1.807) is 11.9 Å². The van der Waals surface area contributed by atoms with Gasteiger partial charge in [0.1, 0.15) is 6.61 Å². The number of carboxylic acid groups (broad SMARTS) is 1. The van der Waals surface area contributed by atoms with Gasteiger partial charge in [-0.1, -0.05) is 55.5 Å². The Kier molecular flexibility index (Phi) is 9.70. The third kappa shape index (κ3) is 7.57. The predicted molar refractivity (Wildman–Crippen MR) is 135 cm³/mol. The Hall–Kier alpha value is -3.35. The smallest absolute Gasteiger partial charge is 0.407 e. The third-order valence-electron chi connectivity index (χ3n) is 6.66. The first-order chi connectivity index (χ1) is 16.9. The third-order valence-corrected chi connectivity index (χ3v) is 6.66. The number of benzene rings is 2. The van der Waals surface area contributed by atoms with Crippen LogP contribution in [0.5, 0.6) is 0 Å². The maximum absolute atomic E-state index is 12.3. The van der Waals surface area contributed by atoms with Crippen LogP contribution in [0.3, 0.4) is 0 Å². The normalized spacial score (nSPS) is 13.0. The van der Waals surface area contributed by atoms with Gasteiger partial charge in [0.05, 0.1) is 0 Å². The van der Waals surface area contributed by atoms with E-state index in [1.165, 1.54) is 22.3 Å². The lowest BCUT2D eigenvalue weighted by Crippen LogP contribution is -2.29. The van der Waals surface area contributed by atoms with E-state index in [0.29, 0.717) is 39.0 Å². The zero-order valence-electron chi connectivity index (χ0n) is 20.7. The predicted octanol–water partition coefficient (Wildman–Crippen LogP) is 5.04. The van der Waals surface area contributed by atoms with Gasteiger partial charge < -0.3 is 20.1 Å². The number of carboxylic acids is 1. The number of hydrogen-bond donors (Lipinski definition) is 2. The van der Waals surface area contributed by atoms with Gasteiger partial charge in [-0.2, -0.15) is 0 Å². The second-order valence-corrected chi connectivity index (χ2v) is 9.35. The average Bonchev–Trinajstić information content (AvgIpc) is 3.17. The number of amides is 2. The van der Waals surface area contributed by atoms with Crippen LogP contribution < -0.4 is 5.32 Å². The minimum atomic E-state index is -0.806. The topological polar surface area (TPSA) is 95.9 Å². The lowest BCUT2D eigenvalue weighted by atomic mass is 9.98. The number of aliphatic carboxylic acids is 1. The van der Waals surface area contributed by atoms with E-state index in [9.17, 15) is 14.4 Å². The fraction of sp³-hybridized carbons (Fsp3) is 0.464. The Labute approximate surface area is 207 Å². The van der Waals surface area contributed by atoms with Crippen LogP contribution in [-0.4, -0.2) is 54.7 Å². The number of hydrogen-bond acceptors (Lipinski definition) is 4. The highest BCUT2D eigenvalue weighted by Gasteiger charge is 2.28. The first-order valence-electron chi connectivity index (χ1n) is 12.4. The van der Waals surface area contributed by atoms with E-state index in [4.69, 9.17) is 9.84 Å². The SMILES string of the molecule is CC(CCNC(=O)OCC1c2ccccc2-c2ccccc21)CCC(=O)N(C)CCCCC(=O)O. The molecule has 0 saturated carbocycles. The first-order valence-corrected chi connectivity index (χ1v) is 12.4. The largest absolute Gasteiger partial charge is 0.481 e. The fourth-order valence-electron chi connectivity index (χ4n) is 4.53. The summed E-state index contributed by atoms with van der Waals surface area (Å²) in [4.78, 5) is 36.8. The van der Waals surface area contributed by atoms with Crippen molar-refractivity contribution in [2.45, 2.75) is 51.4 Å². The van der Waals surface area contributed by atoms with Crippen LogP contribution >= 0.6 is 0 Å². The minimum Gasteiger partial charge on any atom is -0.481 e. The number of alkyl carbamates (subject to hydrolysis) is 1. The van der Waals surface area contributed by atoms with E-state index >= 15 is 0 Å². The van der Waals surface area contributed by atoms with E-state index < -0.39 is 12.1 Å². The van der Waals surface area contributed by atoms with Crippen molar-refractivity contribution in [1.82, 2.24) is 10.2 Å². The van der Waals surface area contributed by atoms with Crippen molar-refractivity contribution in [3.05, 3.63) is 59.7 Å². The summed E-state index contributed by atoms with van der Waals surface area (Å²) in [5.41, 5.74) is 4.77. The van der Waals surface area contributed by atoms with Crippen molar-refractivity contribution >= 4 is 18.0 Å². The summed E-state index contributed by atoms with van der Waals surface area (Å²) in [5.74, 6) is -0.413. The molecule has 2 N–H and O–H groups in total. The lowest BCUT2D eigenvalue weighted by molar-refractivity contribution is -0.137. The summed E-state index contributed by atoms with van der Waals surface area (Å²) >= 11 is 0. The first kappa shape index (κ1) is 26.3. The molecule has 7 heteroatoms. The molecule has 2 amide bonds. The quantitative estimate of drug-likeness (QED) is 0.391. The second kappa shape index (κ2) is 12.9. The highest BCUT2D eigenvalue weighted by atomic mass is 16.5. The Balaban J connectivity index is 1.33. The number of fused-ring (bicyclic) bond motifs is 3. The molecule has 2 aromatic carbocycles. The Morgan fingerprint density at radius 2 is 1.60 bits per heavy atom. The highest BCUT2D eigenvalue weighted by molar-refractivity contribution is 5.79. The van der Waals surface area contributed by atoms with Gasteiger partial charge >= 0.3 is 12.1 Å². The van der Waals surface area contributed by atoms with E-state index in [1.807, 2.05) is 24.3 Å². The molecule has 0 bridgehead atoms.